The Morgan fingerprint density at radius 3 is 2.70 bits per heavy atom. The molecule has 2 rings (SSSR count). The standard InChI is InChI=1S/C19H29F2N3O3/c1-3-22-18(24-12-19(13-25)6-8-26-9-7-19)23-11-15-10-14(2)4-5-16(15)27-17(20)21/h4-5,10,17,25H,3,6-9,11-13H2,1-2H3,(H2,22,23,24). The molecule has 1 fully saturated rings. The number of aliphatic imine (C=N–C) groups is 1. The van der Waals surface area contributed by atoms with Gasteiger partial charge in [0.15, 0.2) is 5.96 Å². The average Bonchev–Trinajstić information content (AvgIpc) is 2.66. The molecule has 0 atom stereocenters. The minimum atomic E-state index is -2.88. The number of rotatable bonds is 8. The highest BCUT2D eigenvalue weighted by atomic mass is 19.3. The molecule has 0 saturated carbocycles. The molecule has 6 nitrogen and oxygen atoms in total. The molecule has 0 amide bonds. The molecule has 0 bridgehead atoms. The highest BCUT2D eigenvalue weighted by molar-refractivity contribution is 5.79. The fourth-order valence-corrected chi connectivity index (χ4v) is 3.02. The van der Waals surface area contributed by atoms with Crippen LogP contribution in [0.3, 0.4) is 0 Å². The fraction of sp³-hybridized carbons (Fsp3) is 0.632. The smallest absolute Gasteiger partial charge is 0.387 e. The summed E-state index contributed by atoms with van der Waals surface area (Å²) in [5, 5.41) is 16.2. The third-order valence-electron chi connectivity index (χ3n) is 4.70. The first-order valence-electron chi connectivity index (χ1n) is 9.23. The van der Waals surface area contributed by atoms with Crippen LogP contribution >= 0.6 is 0 Å². The zero-order chi connectivity index (χ0) is 19.7. The quantitative estimate of drug-likeness (QED) is 0.473. The predicted molar refractivity (Wildman–Crippen MR) is 100 cm³/mol. The van der Waals surface area contributed by atoms with Gasteiger partial charge in [0.2, 0.25) is 0 Å². The zero-order valence-electron chi connectivity index (χ0n) is 15.9. The number of aliphatic hydroxyl groups is 1. The van der Waals surface area contributed by atoms with Crippen LogP contribution in [0.25, 0.3) is 0 Å². The van der Waals surface area contributed by atoms with Gasteiger partial charge in [-0.15, -0.1) is 0 Å². The van der Waals surface area contributed by atoms with Crippen LogP contribution in [0.15, 0.2) is 23.2 Å². The van der Waals surface area contributed by atoms with Crippen LogP contribution in [0.2, 0.25) is 0 Å². The summed E-state index contributed by atoms with van der Waals surface area (Å²) in [7, 11) is 0. The molecule has 1 aliphatic heterocycles. The summed E-state index contributed by atoms with van der Waals surface area (Å²) in [4.78, 5) is 4.50. The van der Waals surface area contributed by atoms with Gasteiger partial charge >= 0.3 is 6.61 Å². The first kappa shape index (κ1) is 21.4. The van der Waals surface area contributed by atoms with Gasteiger partial charge in [-0.3, -0.25) is 0 Å². The van der Waals surface area contributed by atoms with Crippen molar-refractivity contribution in [1.82, 2.24) is 10.6 Å². The Morgan fingerprint density at radius 2 is 2.07 bits per heavy atom. The minimum Gasteiger partial charge on any atom is -0.434 e. The zero-order valence-corrected chi connectivity index (χ0v) is 15.9. The second-order valence-electron chi connectivity index (χ2n) is 6.81. The van der Waals surface area contributed by atoms with Gasteiger partial charge in [0.1, 0.15) is 5.75 Å². The molecule has 1 saturated heterocycles. The second kappa shape index (κ2) is 10.4. The molecule has 1 aliphatic rings. The van der Waals surface area contributed by atoms with Gasteiger partial charge in [0, 0.05) is 37.3 Å². The molecule has 1 heterocycles. The summed E-state index contributed by atoms with van der Waals surface area (Å²) in [6, 6.07) is 5.05. The van der Waals surface area contributed by atoms with Gasteiger partial charge in [0.05, 0.1) is 13.2 Å². The lowest BCUT2D eigenvalue weighted by Crippen LogP contribution is -2.47. The molecule has 27 heavy (non-hydrogen) atoms. The average molecular weight is 385 g/mol. The maximum Gasteiger partial charge on any atom is 0.387 e. The van der Waals surface area contributed by atoms with Gasteiger partial charge in [-0.1, -0.05) is 17.7 Å². The number of hydrogen-bond donors (Lipinski definition) is 3. The van der Waals surface area contributed by atoms with Gasteiger partial charge in [-0.2, -0.15) is 8.78 Å². The summed E-state index contributed by atoms with van der Waals surface area (Å²) in [5.74, 6) is 0.702. The van der Waals surface area contributed by atoms with Gasteiger partial charge in [0.25, 0.3) is 0 Å². The maximum atomic E-state index is 12.6. The molecule has 1 aromatic rings. The number of benzene rings is 1. The number of alkyl halides is 2. The number of guanidine groups is 1. The molecule has 8 heteroatoms. The van der Waals surface area contributed by atoms with E-state index in [1.807, 2.05) is 13.8 Å². The van der Waals surface area contributed by atoms with Crippen LogP contribution in [0, 0.1) is 12.3 Å². The topological polar surface area (TPSA) is 75.1 Å². The van der Waals surface area contributed by atoms with Crippen LogP contribution in [-0.4, -0.2) is 50.6 Å². The second-order valence-corrected chi connectivity index (χ2v) is 6.81. The van der Waals surface area contributed by atoms with E-state index in [1.165, 1.54) is 6.07 Å². The Labute approximate surface area is 159 Å². The van der Waals surface area contributed by atoms with E-state index >= 15 is 0 Å². The summed E-state index contributed by atoms with van der Waals surface area (Å²) in [6.45, 7) is 3.73. The van der Waals surface area contributed by atoms with Crippen molar-refractivity contribution in [1.29, 1.82) is 0 Å². The van der Waals surface area contributed by atoms with Crippen molar-refractivity contribution in [3.63, 3.8) is 0 Å². The van der Waals surface area contributed by atoms with Gasteiger partial charge in [-0.25, -0.2) is 4.99 Å². The fourth-order valence-electron chi connectivity index (χ4n) is 3.02. The van der Waals surface area contributed by atoms with E-state index in [0.717, 1.165) is 18.4 Å². The molecule has 0 aromatic heterocycles. The lowest BCUT2D eigenvalue weighted by atomic mass is 9.81. The number of nitrogens with one attached hydrogen (secondary N) is 2. The van der Waals surface area contributed by atoms with Crippen molar-refractivity contribution in [2.24, 2.45) is 10.4 Å². The molecule has 1 aromatic carbocycles. The molecule has 152 valence electrons. The first-order chi connectivity index (χ1) is 13.0. The Kier molecular flexibility index (Phi) is 8.24. The highest BCUT2D eigenvalue weighted by Gasteiger charge is 2.32. The van der Waals surface area contributed by atoms with Crippen LogP contribution in [0.4, 0.5) is 8.78 Å². The maximum absolute atomic E-state index is 12.6. The SMILES string of the molecule is CCNC(=NCc1cc(C)ccc1OC(F)F)NCC1(CO)CCOCC1. The third-order valence-corrected chi connectivity index (χ3v) is 4.70. The van der Waals surface area contributed by atoms with Gasteiger partial charge < -0.3 is 25.2 Å². The van der Waals surface area contributed by atoms with E-state index in [9.17, 15) is 13.9 Å². The van der Waals surface area contributed by atoms with E-state index in [4.69, 9.17) is 4.74 Å². The summed E-state index contributed by atoms with van der Waals surface area (Å²) in [5.41, 5.74) is 1.30. The molecular formula is C19H29F2N3O3. The number of halogens is 2. The minimum absolute atomic E-state index is 0.0764. The number of aryl methyl sites for hydroxylation is 1. The normalized spacial score (nSPS) is 17.0. The predicted octanol–water partition coefficient (Wildman–Crippen LogP) is 2.44. The van der Waals surface area contributed by atoms with Gasteiger partial charge in [-0.05, 0) is 32.8 Å². The Hall–Kier alpha value is -1.93. The van der Waals surface area contributed by atoms with E-state index in [1.54, 1.807) is 12.1 Å². The molecule has 0 spiro atoms. The first-order valence-corrected chi connectivity index (χ1v) is 9.23. The lowest BCUT2D eigenvalue weighted by molar-refractivity contribution is -0.0504. The monoisotopic (exact) mass is 385 g/mol. The highest BCUT2D eigenvalue weighted by Crippen LogP contribution is 2.29. The van der Waals surface area contributed by atoms with Crippen molar-refractivity contribution in [2.75, 3.05) is 32.9 Å². The lowest BCUT2D eigenvalue weighted by Gasteiger charge is -2.36. The van der Waals surface area contributed by atoms with E-state index in [0.29, 0.717) is 37.8 Å². The number of hydrogen-bond acceptors (Lipinski definition) is 4. The summed E-state index contributed by atoms with van der Waals surface area (Å²) < 4.78 is 35.2. The molecule has 0 unspecified atom stereocenters. The van der Waals surface area contributed by atoms with Crippen LogP contribution in [0.1, 0.15) is 30.9 Å². The van der Waals surface area contributed by atoms with Crippen molar-refractivity contribution in [3.05, 3.63) is 29.3 Å². The van der Waals surface area contributed by atoms with Crippen LogP contribution in [-0.2, 0) is 11.3 Å². The summed E-state index contributed by atoms with van der Waals surface area (Å²) >= 11 is 0. The third kappa shape index (κ3) is 6.62. The summed E-state index contributed by atoms with van der Waals surface area (Å²) in [6.07, 6.45) is 1.56. The van der Waals surface area contributed by atoms with Crippen molar-refractivity contribution >= 4 is 5.96 Å². The van der Waals surface area contributed by atoms with Crippen LogP contribution in [0.5, 0.6) is 5.75 Å². The number of nitrogens with zero attached hydrogens (tertiary/aromatic N) is 1. The Morgan fingerprint density at radius 1 is 1.33 bits per heavy atom. The molecule has 3 N–H and O–H groups in total. The Balaban J connectivity index is 2.07. The van der Waals surface area contributed by atoms with E-state index in [-0.39, 0.29) is 24.3 Å². The van der Waals surface area contributed by atoms with Crippen LogP contribution < -0.4 is 15.4 Å². The Bertz CT molecular complexity index is 620. The molecular weight excluding hydrogens is 356 g/mol. The largest absolute Gasteiger partial charge is 0.434 e. The number of ether oxygens (including phenoxy) is 2. The van der Waals surface area contributed by atoms with E-state index < -0.39 is 6.61 Å². The molecule has 0 radical (unpaired) electrons. The number of aliphatic hydroxyl groups excluding tert-OH is 1. The van der Waals surface area contributed by atoms with Crippen molar-refractivity contribution in [3.8, 4) is 5.75 Å². The van der Waals surface area contributed by atoms with Crippen molar-refractivity contribution in [2.45, 2.75) is 39.8 Å². The molecule has 0 aliphatic carbocycles. The van der Waals surface area contributed by atoms with Crippen molar-refractivity contribution < 1.29 is 23.4 Å². The van der Waals surface area contributed by atoms with E-state index in [2.05, 4.69) is 20.4 Å².